The molecule has 0 bridgehead atoms. The van der Waals surface area contributed by atoms with Crippen molar-refractivity contribution in [3.05, 3.63) is 35.9 Å². The van der Waals surface area contributed by atoms with E-state index in [1.807, 2.05) is 30.3 Å². The largest absolute Gasteiger partial charge is 0.392 e. The zero-order valence-electron chi connectivity index (χ0n) is 10.7. The van der Waals surface area contributed by atoms with Crippen molar-refractivity contribution in [2.75, 3.05) is 11.5 Å². The van der Waals surface area contributed by atoms with E-state index < -0.39 is 16.9 Å². The van der Waals surface area contributed by atoms with Crippen molar-refractivity contribution >= 4 is 16.7 Å². The summed E-state index contributed by atoms with van der Waals surface area (Å²) in [4.78, 5) is 11.7. The lowest BCUT2D eigenvalue weighted by Gasteiger charge is -2.14. The van der Waals surface area contributed by atoms with Gasteiger partial charge in [-0.1, -0.05) is 30.3 Å². The Balaban J connectivity index is 1.74. The van der Waals surface area contributed by atoms with E-state index in [0.29, 0.717) is 17.9 Å². The van der Waals surface area contributed by atoms with Gasteiger partial charge in [0.15, 0.2) is 0 Å². The van der Waals surface area contributed by atoms with E-state index in [0.717, 1.165) is 12.0 Å². The Bertz CT molecular complexity index is 449. The molecular weight excluding hydrogens is 262 g/mol. The van der Waals surface area contributed by atoms with Crippen LogP contribution in [0.2, 0.25) is 0 Å². The summed E-state index contributed by atoms with van der Waals surface area (Å²) < 4.78 is 11.2. The summed E-state index contributed by atoms with van der Waals surface area (Å²) >= 11 is 0. The number of rotatable bonds is 5. The van der Waals surface area contributed by atoms with Gasteiger partial charge in [0, 0.05) is 28.3 Å². The molecule has 0 saturated carbocycles. The first-order chi connectivity index (χ1) is 9.13. The van der Waals surface area contributed by atoms with Crippen LogP contribution in [0, 0.1) is 0 Å². The zero-order chi connectivity index (χ0) is 13.7. The second-order valence-electron chi connectivity index (χ2n) is 4.91. The van der Waals surface area contributed by atoms with Gasteiger partial charge in [-0.3, -0.25) is 9.00 Å². The first kappa shape index (κ1) is 14.2. The molecule has 0 radical (unpaired) electrons. The van der Waals surface area contributed by atoms with Crippen LogP contribution in [-0.4, -0.2) is 38.9 Å². The Morgan fingerprint density at radius 3 is 2.79 bits per heavy atom. The lowest BCUT2D eigenvalue weighted by molar-refractivity contribution is -0.123. The number of carbonyl (C=O) groups is 1. The molecule has 1 fully saturated rings. The van der Waals surface area contributed by atoms with Crippen LogP contribution in [0.5, 0.6) is 0 Å². The average Bonchev–Trinajstić information content (AvgIpc) is 2.75. The molecule has 4 nitrogen and oxygen atoms in total. The maximum atomic E-state index is 11.7. The van der Waals surface area contributed by atoms with Gasteiger partial charge in [-0.05, 0) is 18.4 Å². The summed E-state index contributed by atoms with van der Waals surface area (Å²) in [6, 6.07) is 9.62. The fourth-order valence-corrected chi connectivity index (χ4v) is 3.65. The van der Waals surface area contributed by atoms with Gasteiger partial charge in [0.1, 0.15) is 0 Å². The molecule has 1 aliphatic heterocycles. The van der Waals surface area contributed by atoms with Crippen LogP contribution >= 0.6 is 0 Å². The molecule has 1 aromatic carbocycles. The first-order valence-corrected chi connectivity index (χ1v) is 7.98. The Morgan fingerprint density at radius 2 is 2.16 bits per heavy atom. The van der Waals surface area contributed by atoms with Crippen molar-refractivity contribution in [3.63, 3.8) is 0 Å². The topological polar surface area (TPSA) is 66.4 Å². The van der Waals surface area contributed by atoms with E-state index >= 15 is 0 Å². The predicted molar refractivity (Wildman–Crippen MR) is 75.2 cm³/mol. The minimum atomic E-state index is -0.791. The highest BCUT2D eigenvalue weighted by molar-refractivity contribution is 7.85. The predicted octanol–water partition coefficient (Wildman–Crippen LogP) is 0.617. The molecule has 1 saturated heterocycles. The van der Waals surface area contributed by atoms with Gasteiger partial charge in [-0.25, -0.2) is 0 Å². The van der Waals surface area contributed by atoms with Crippen LogP contribution < -0.4 is 5.32 Å². The standard InChI is InChI=1S/C14H19NO3S/c16-13(8-11-4-2-1-3-5-11)9-14(17)15-12-6-7-19(18)10-12/h1-5,12-13,16H,6-10H2,(H,15,17). The zero-order valence-corrected chi connectivity index (χ0v) is 11.6. The molecule has 2 N–H and O–H groups in total. The molecule has 2 rings (SSSR count). The van der Waals surface area contributed by atoms with Crippen molar-refractivity contribution in [3.8, 4) is 0 Å². The molecule has 0 spiro atoms. The maximum absolute atomic E-state index is 11.7. The Morgan fingerprint density at radius 1 is 1.42 bits per heavy atom. The molecule has 0 aromatic heterocycles. The van der Waals surface area contributed by atoms with Crippen molar-refractivity contribution < 1.29 is 14.1 Å². The van der Waals surface area contributed by atoms with E-state index in [1.54, 1.807) is 0 Å². The highest BCUT2D eigenvalue weighted by Crippen LogP contribution is 2.09. The minimum Gasteiger partial charge on any atom is -0.392 e. The Labute approximate surface area is 115 Å². The molecule has 1 aliphatic rings. The smallest absolute Gasteiger partial charge is 0.222 e. The second kappa shape index (κ2) is 6.82. The van der Waals surface area contributed by atoms with Crippen molar-refractivity contribution in [2.24, 2.45) is 0 Å². The monoisotopic (exact) mass is 281 g/mol. The van der Waals surface area contributed by atoms with Gasteiger partial charge < -0.3 is 10.4 Å². The molecule has 1 heterocycles. The van der Waals surface area contributed by atoms with Crippen molar-refractivity contribution in [1.82, 2.24) is 5.32 Å². The second-order valence-corrected chi connectivity index (χ2v) is 6.53. The number of hydrogen-bond donors (Lipinski definition) is 2. The highest BCUT2D eigenvalue weighted by atomic mass is 32.2. The third-order valence-corrected chi connectivity index (χ3v) is 4.65. The van der Waals surface area contributed by atoms with Crippen LogP contribution in [-0.2, 0) is 22.0 Å². The molecule has 19 heavy (non-hydrogen) atoms. The number of hydrogen-bond acceptors (Lipinski definition) is 3. The SMILES string of the molecule is O=C(CC(O)Cc1ccccc1)NC1CCS(=O)C1. The van der Waals surface area contributed by atoms with Gasteiger partial charge in [0.2, 0.25) is 5.91 Å². The summed E-state index contributed by atoms with van der Waals surface area (Å²) in [6.07, 6.45) is 0.671. The van der Waals surface area contributed by atoms with Crippen LogP contribution in [0.25, 0.3) is 0 Å². The summed E-state index contributed by atoms with van der Waals surface area (Å²) in [5, 5.41) is 12.7. The number of aliphatic hydroxyl groups excluding tert-OH is 1. The van der Waals surface area contributed by atoms with E-state index in [-0.39, 0.29) is 18.4 Å². The fraction of sp³-hybridized carbons (Fsp3) is 0.500. The molecule has 5 heteroatoms. The van der Waals surface area contributed by atoms with E-state index in [9.17, 15) is 14.1 Å². The fourth-order valence-electron chi connectivity index (χ4n) is 2.24. The summed E-state index contributed by atoms with van der Waals surface area (Å²) in [5.74, 6) is 1.05. The maximum Gasteiger partial charge on any atom is 0.222 e. The number of nitrogens with one attached hydrogen (secondary N) is 1. The van der Waals surface area contributed by atoms with E-state index in [4.69, 9.17) is 0 Å². The lowest BCUT2D eigenvalue weighted by Crippen LogP contribution is -2.37. The van der Waals surface area contributed by atoms with Gasteiger partial charge in [-0.2, -0.15) is 0 Å². The minimum absolute atomic E-state index is 0.0114. The molecule has 0 aliphatic carbocycles. The molecule has 3 unspecified atom stereocenters. The molecule has 3 atom stereocenters. The highest BCUT2D eigenvalue weighted by Gasteiger charge is 2.23. The lowest BCUT2D eigenvalue weighted by atomic mass is 10.1. The quantitative estimate of drug-likeness (QED) is 0.831. The van der Waals surface area contributed by atoms with Crippen LogP contribution in [0.1, 0.15) is 18.4 Å². The Hall–Kier alpha value is -1.20. The molecule has 1 amide bonds. The van der Waals surface area contributed by atoms with Crippen molar-refractivity contribution in [2.45, 2.75) is 31.4 Å². The summed E-state index contributed by atoms with van der Waals surface area (Å²) in [7, 11) is -0.791. The normalized spacial score (nSPS) is 24.1. The summed E-state index contributed by atoms with van der Waals surface area (Å²) in [6.45, 7) is 0. The molecule has 1 aromatic rings. The van der Waals surface area contributed by atoms with Crippen LogP contribution in [0.4, 0.5) is 0 Å². The average molecular weight is 281 g/mol. The van der Waals surface area contributed by atoms with Crippen molar-refractivity contribution in [1.29, 1.82) is 0 Å². The van der Waals surface area contributed by atoms with Gasteiger partial charge in [-0.15, -0.1) is 0 Å². The number of carbonyl (C=O) groups excluding carboxylic acids is 1. The number of aliphatic hydroxyl groups is 1. The third-order valence-electron chi connectivity index (χ3n) is 3.18. The number of benzene rings is 1. The molecular formula is C14H19NO3S. The van der Waals surface area contributed by atoms with Crippen LogP contribution in [0.3, 0.4) is 0 Å². The van der Waals surface area contributed by atoms with Gasteiger partial charge in [0.05, 0.1) is 12.5 Å². The van der Waals surface area contributed by atoms with E-state index in [1.165, 1.54) is 0 Å². The van der Waals surface area contributed by atoms with Gasteiger partial charge in [0.25, 0.3) is 0 Å². The third kappa shape index (κ3) is 4.76. The first-order valence-electron chi connectivity index (χ1n) is 6.50. The molecule has 104 valence electrons. The summed E-state index contributed by atoms with van der Waals surface area (Å²) in [5.41, 5.74) is 1.02. The Kier molecular flexibility index (Phi) is 5.10. The van der Waals surface area contributed by atoms with E-state index in [2.05, 4.69) is 5.32 Å². The van der Waals surface area contributed by atoms with Gasteiger partial charge >= 0.3 is 0 Å². The number of amides is 1. The van der Waals surface area contributed by atoms with Crippen LogP contribution in [0.15, 0.2) is 30.3 Å².